The van der Waals surface area contributed by atoms with Crippen LogP contribution >= 0.6 is 0 Å². The number of ketones is 1. The number of benzene rings is 1. The van der Waals surface area contributed by atoms with E-state index in [9.17, 15) is 10.1 Å². The Morgan fingerprint density at radius 1 is 1.36 bits per heavy atom. The third-order valence-electron chi connectivity index (χ3n) is 4.43. The molecule has 2 aliphatic rings. The van der Waals surface area contributed by atoms with E-state index in [-0.39, 0.29) is 17.2 Å². The van der Waals surface area contributed by atoms with Crippen LogP contribution in [0, 0.1) is 11.3 Å². The molecule has 1 aromatic carbocycles. The zero-order chi connectivity index (χ0) is 18.0. The zero-order valence-corrected chi connectivity index (χ0v) is 14.3. The molecule has 1 unspecified atom stereocenters. The molecule has 6 heteroatoms. The number of hydrogen-bond acceptors (Lipinski definition) is 6. The first kappa shape index (κ1) is 16.9. The van der Waals surface area contributed by atoms with E-state index in [1.54, 1.807) is 19.2 Å². The quantitative estimate of drug-likeness (QED) is 0.905. The molecule has 0 fully saturated rings. The van der Waals surface area contributed by atoms with Crippen molar-refractivity contribution in [1.29, 1.82) is 5.26 Å². The van der Waals surface area contributed by atoms with Crippen molar-refractivity contribution in [2.75, 3.05) is 13.7 Å². The summed E-state index contributed by atoms with van der Waals surface area (Å²) in [4.78, 5) is 12.5. The lowest BCUT2D eigenvalue weighted by molar-refractivity contribution is -0.116. The number of nitrogens with two attached hydrogens (primary N) is 1. The number of carbonyl (C=O) groups excluding carboxylic acids is 1. The van der Waals surface area contributed by atoms with Gasteiger partial charge in [0.1, 0.15) is 17.4 Å². The predicted octanol–water partition coefficient (Wildman–Crippen LogP) is 2.91. The maximum absolute atomic E-state index is 12.5. The van der Waals surface area contributed by atoms with Gasteiger partial charge in [0.2, 0.25) is 5.88 Å². The summed E-state index contributed by atoms with van der Waals surface area (Å²) < 4.78 is 16.5. The van der Waals surface area contributed by atoms with Crippen LogP contribution in [0.1, 0.15) is 37.7 Å². The maximum atomic E-state index is 12.5. The van der Waals surface area contributed by atoms with E-state index in [4.69, 9.17) is 19.9 Å². The molecule has 2 N–H and O–H groups in total. The zero-order valence-electron chi connectivity index (χ0n) is 14.3. The second kappa shape index (κ2) is 6.89. The van der Waals surface area contributed by atoms with Crippen molar-refractivity contribution in [1.82, 2.24) is 0 Å². The second-order valence-corrected chi connectivity index (χ2v) is 5.88. The Bertz CT molecular complexity index is 817. The number of nitriles is 1. The van der Waals surface area contributed by atoms with Crippen molar-refractivity contribution in [3.63, 3.8) is 0 Å². The first-order valence-electron chi connectivity index (χ1n) is 8.25. The summed E-state index contributed by atoms with van der Waals surface area (Å²) in [5.41, 5.74) is 7.50. The molecular formula is C19H20N2O4. The number of methoxy groups -OCH3 is 1. The highest BCUT2D eigenvalue weighted by Gasteiger charge is 2.38. The van der Waals surface area contributed by atoms with E-state index in [1.165, 1.54) is 0 Å². The van der Waals surface area contributed by atoms with E-state index < -0.39 is 5.92 Å². The molecule has 0 saturated heterocycles. The van der Waals surface area contributed by atoms with E-state index in [0.29, 0.717) is 42.3 Å². The van der Waals surface area contributed by atoms with Crippen molar-refractivity contribution in [2.24, 2.45) is 5.73 Å². The molecule has 6 nitrogen and oxygen atoms in total. The average Bonchev–Trinajstić information content (AvgIpc) is 2.61. The molecule has 1 aromatic rings. The number of rotatable bonds is 4. The Labute approximate surface area is 146 Å². The summed E-state index contributed by atoms with van der Waals surface area (Å²) in [5, 5.41) is 9.59. The van der Waals surface area contributed by atoms with Crippen LogP contribution in [0.25, 0.3) is 0 Å². The van der Waals surface area contributed by atoms with Crippen molar-refractivity contribution in [3.05, 3.63) is 46.6 Å². The van der Waals surface area contributed by atoms with Gasteiger partial charge >= 0.3 is 0 Å². The molecule has 0 radical (unpaired) electrons. The minimum Gasteiger partial charge on any atom is -0.493 e. The lowest BCUT2D eigenvalue weighted by Gasteiger charge is -2.31. The first-order valence-corrected chi connectivity index (χ1v) is 8.25. The predicted molar refractivity (Wildman–Crippen MR) is 90.7 cm³/mol. The van der Waals surface area contributed by atoms with Gasteiger partial charge in [0.25, 0.3) is 0 Å². The Kier molecular flexibility index (Phi) is 4.66. The molecule has 1 heterocycles. The lowest BCUT2D eigenvalue weighted by atomic mass is 9.77. The van der Waals surface area contributed by atoms with E-state index in [1.807, 2.05) is 13.0 Å². The number of nitrogens with zero attached hydrogens (tertiary/aromatic N) is 1. The van der Waals surface area contributed by atoms with Crippen molar-refractivity contribution in [3.8, 4) is 17.6 Å². The summed E-state index contributed by atoms with van der Waals surface area (Å²) >= 11 is 0. The van der Waals surface area contributed by atoms with Gasteiger partial charge in [-0.15, -0.1) is 0 Å². The van der Waals surface area contributed by atoms with Gasteiger partial charge < -0.3 is 19.9 Å². The number of hydrogen-bond donors (Lipinski definition) is 1. The molecule has 1 atom stereocenters. The molecule has 0 spiro atoms. The van der Waals surface area contributed by atoms with Crippen molar-refractivity contribution >= 4 is 5.78 Å². The van der Waals surface area contributed by atoms with Crippen LogP contribution in [0.4, 0.5) is 0 Å². The Balaban J connectivity index is 2.15. The van der Waals surface area contributed by atoms with Gasteiger partial charge in [-0.2, -0.15) is 5.26 Å². The van der Waals surface area contributed by atoms with Gasteiger partial charge in [-0.3, -0.25) is 4.79 Å². The number of Topliss-reactive ketones (excluding diaryl/α,β-unsaturated/α-hetero) is 1. The largest absolute Gasteiger partial charge is 0.493 e. The van der Waals surface area contributed by atoms with E-state index in [2.05, 4.69) is 6.07 Å². The van der Waals surface area contributed by atoms with Crippen LogP contribution in [0.5, 0.6) is 11.5 Å². The van der Waals surface area contributed by atoms with Gasteiger partial charge in [-0.1, -0.05) is 6.07 Å². The fourth-order valence-electron chi connectivity index (χ4n) is 3.33. The molecular weight excluding hydrogens is 320 g/mol. The van der Waals surface area contributed by atoms with Crippen LogP contribution < -0.4 is 15.2 Å². The molecule has 130 valence electrons. The molecule has 0 bridgehead atoms. The van der Waals surface area contributed by atoms with Crippen LogP contribution in [0.3, 0.4) is 0 Å². The van der Waals surface area contributed by atoms with E-state index >= 15 is 0 Å². The van der Waals surface area contributed by atoms with Gasteiger partial charge in [-0.25, -0.2) is 0 Å². The number of carbonyl (C=O) groups is 1. The summed E-state index contributed by atoms with van der Waals surface area (Å²) in [6.45, 7) is 2.36. The maximum Gasteiger partial charge on any atom is 0.205 e. The van der Waals surface area contributed by atoms with E-state index in [0.717, 1.165) is 12.0 Å². The number of ether oxygens (including phenoxy) is 3. The van der Waals surface area contributed by atoms with Crippen LogP contribution in [0.2, 0.25) is 0 Å². The minimum absolute atomic E-state index is 0.000257. The standard InChI is InChI=1S/C19H20N2O4/c1-3-24-16-9-11(7-8-14(16)23-2)17-12(10-20)19(21)25-15-6-4-5-13(22)18(15)17/h7-9,17H,3-6,21H2,1-2H3. The highest BCUT2D eigenvalue weighted by atomic mass is 16.5. The molecule has 0 aromatic heterocycles. The third kappa shape index (κ3) is 2.93. The van der Waals surface area contributed by atoms with Gasteiger partial charge in [0, 0.05) is 18.4 Å². The topological polar surface area (TPSA) is 94.6 Å². The molecule has 0 amide bonds. The Hall–Kier alpha value is -2.94. The Morgan fingerprint density at radius 2 is 2.16 bits per heavy atom. The normalized spacial score (nSPS) is 19.9. The second-order valence-electron chi connectivity index (χ2n) is 5.88. The van der Waals surface area contributed by atoms with Gasteiger partial charge in [0.15, 0.2) is 17.3 Å². The van der Waals surface area contributed by atoms with Crippen molar-refractivity contribution < 1.29 is 19.0 Å². The van der Waals surface area contributed by atoms with Gasteiger partial charge in [-0.05, 0) is 31.0 Å². The van der Waals surface area contributed by atoms with Gasteiger partial charge in [0.05, 0.1) is 19.6 Å². The monoisotopic (exact) mass is 340 g/mol. The summed E-state index contributed by atoms with van der Waals surface area (Å²) in [5.74, 6) is 1.26. The third-order valence-corrected chi connectivity index (χ3v) is 4.43. The first-order chi connectivity index (χ1) is 12.1. The Morgan fingerprint density at radius 3 is 2.84 bits per heavy atom. The lowest BCUT2D eigenvalue weighted by Crippen LogP contribution is -2.27. The van der Waals surface area contributed by atoms with Crippen LogP contribution in [-0.2, 0) is 9.53 Å². The smallest absolute Gasteiger partial charge is 0.205 e. The molecule has 0 saturated carbocycles. The van der Waals surface area contributed by atoms with Crippen LogP contribution in [-0.4, -0.2) is 19.5 Å². The molecule has 3 rings (SSSR count). The highest BCUT2D eigenvalue weighted by molar-refractivity contribution is 5.99. The molecule has 1 aliphatic heterocycles. The SMILES string of the molecule is CCOc1cc(C2C(C#N)=C(N)OC3=C2C(=O)CCC3)ccc1OC. The van der Waals surface area contributed by atoms with Crippen LogP contribution in [0.15, 0.2) is 41.0 Å². The fraction of sp³-hybridized carbons (Fsp3) is 0.368. The number of allylic oxidation sites excluding steroid dienone is 3. The summed E-state index contributed by atoms with van der Waals surface area (Å²) in [6.07, 6.45) is 1.82. The van der Waals surface area contributed by atoms with Crippen molar-refractivity contribution in [2.45, 2.75) is 32.1 Å². The molecule has 25 heavy (non-hydrogen) atoms. The highest BCUT2D eigenvalue weighted by Crippen LogP contribution is 2.44. The summed E-state index contributed by atoms with van der Waals surface area (Å²) in [7, 11) is 1.57. The minimum atomic E-state index is -0.535. The molecule has 1 aliphatic carbocycles. The fourth-order valence-corrected chi connectivity index (χ4v) is 3.33. The average molecular weight is 340 g/mol. The summed E-state index contributed by atoms with van der Waals surface area (Å²) in [6, 6.07) is 7.51.